The summed E-state index contributed by atoms with van der Waals surface area (Å²) in [7, 11) is 0. The highest BCUT2D eigenvalue weighted by Crippen LogP contribution is 2.23. The Morgan fingerprint density at radius 1 is 1.18 bits per heavy atom. The summed E-state index contributed by atoms with van der Waals surface area (Å²) < 4.78 is 5.41. The molecule has 4 nitrogen and oxygen atoms in total. The van der Waals surface area contributed by atoms with Crippen LogP contribution in [0.3, 0.4) is 0 Å². The molecule has 2 aromatic carbocycles. The van der Waals surface area contributed by atoms with Gasteiger partial charge in [-0.25, -0.2) is 0 Å². The lowest BCUT2D eigenvalue weighted by atomic mass is 9.99. The van der Waals surface area contributed by atoms with E-state index in [1.807, 2.05) is 0 Å². The third-order valence-corrected chi connectivity index (χ3v) is 3.41. The van der Waals surface area contributed by atoms with Crippen LogP contribution in [0.5, 0.6) is 5.75 Å². The first-order valence-electron chi connectivity index (χ1n) is 6.86. The Labute approximate surface area is 134 Å². The Balaban J connectivity index is 1.90. The lowest BCUT2D eigenvalue weighted by Gasteiger charge is -2.17. The van der Waals surface area contributed by atoms with E-state index in [1.54, 1.807) is 62.4 Å². The van der Waals surface area contributed by atoms with Crippen molar-refractivity contribution in [1.29, 1.82) is 0 Å². The van der Waals surface area contributed by atoms with Crippen molar-refractivity contribution in [3.8, 4) is 5.75 Å². The number of para-hydroxylation sites is 1. The molecule has 0 spiro atoms. The molecular formula is C17H18ClNO3. The fourth-order valence-corrected chi connectivity index (χ4v) is 2.04. The van der Waals surface area contributed by atoms with E-state index in [9.17, 15) is 9.90 Å². The summed E-state index contributed by atoms with van der Waals surface area (Å²) in [5.74, 6) is 0.266. The van der Waals surface area contributed by atoms with Crippen LogP contribution < -0.4 is 10.1 Å². The number of aliphatic hydroxyl groups is 1. The number of ether oxygens (including phenoxy) is 1. The van der Waals surface area contributed by atoms with E-state index >= 15 is 0 Å². The van der Waals surface area contributed by atoms with E-state index < -0.39 is 5.60 Å². The summed E-state index contributed by atoms with van der Waals surface area (Å²) in [5, 5.41) is 13.0. The third-order valence-electron chi connectivity index (χ3n) is 3.08. The minimum Gasteiger partial charge on any atom is -0.484 e. The van der Waals surface area contributed by atoms with Gasteiger partial charge in [-0.05, 0) is 43.7 Å². The summed E-state index contributed by atoms with van der Waals surface area (Å²) in [6.07, 6.45) is 0. The van der Waals surface area contributed by atoms with Gasteiger partial charge < -0.3 is 15.2 Å². The number of carbonyl (C=O) groups excluding carboxylic acids is 1. The maximum Gasteiger partial charge on any atom is 0.262 e. The molecule has 0 aliphatic rings. The van der Waals surface area contributed by atoms with E-state index in [0.717, 1.165) is 5.56 Å². The number of hydrogen-bond acceptors (Lipinski definition) is 3. The van der Waals surface area contributed by atoms with Gasteiger partial charge in [-0.2, -0.15) is 0 Å². The second-order valence-electron chi connectivity index (χ2n) is 5.40. The highest BCUT2D eigenvalue weighted by Gasteiger charge is 2.15. The van der Waals surface area contributed by atoms with Gasteiger partial charge in [-0.3, -0.25) is 4.79 Å². The van der Waals surface area contributed by atoms with Crippen LogP contribution in [0.25, 0.3) is 0 Å². The van der Waals surface area contributed by atoms with E-state index in [1.165, 1.54) is 0 Å². The van der Waals surface area contributed by atoms with Gasteiger partial charge >= 0.3 is 0 Å². The summed E-state index contributed by atoms with van der Waals surface area (Å²) in [5.41, 5.74) is 0.426. The molecule has 116 valence electrons. The van der Waals surface area contributed by atoms with Crippen molar-refractivity contribution in [2.45, 2.75) is 19.4 Å². The molecule has 0 radical (unpaired) electrons. The van der Waals surface area contributed by atoms with Crippen LogP contribution in [0.4, 0.5) is 5.69 Å². The van der Waals surface area contributed by atoms with E-state index in [2.05, 4.69) is 5.32 Å². The quantitative estimate of drug-likeness (QED) is 0.885. The van der Waals surface area contributed by atoms with Crippen LogP contribution in [0.15, 0.2) is 48.5 Å². The van der Waals surface area contributed by atoms with Crippen LogP contribution >= 0.6 is 11.6 Å². The van der Waals surface area contributed by atoms with Crippen molar-refractivity contribution in [2.75, 3.05) is 11.9 Å². The zero-order valence-corrected chi connectivity index (χ0v) is 13.2. The molecule has 0 heterocycles. The Bertz CT molecular complexity index is 648. The molecule has 0 aromatic heterocycles. The maximum absolute atomic E-state index is 11.8. The first-order valence-corrected chi connectivity index (χ1v) is 7.24. The van der Waals surface area contributed by atoms with E-state index in [0.29, 0.717) is 16.5 Å². The fraction of sp³-hybridized carbons (Fsp3) is 0.235. The number of benzene rings is 2. The van der Waals surface area contributed by atoms with Crippen molar-refractivity contribution in [3.05, 3.63) is 59.1 Å². The normalized spacial score (nSPS) is 11.1. The van der Waals surface area contributed by atoms with Gasteiger partial charge in [0.05, 0.1) is 16.3 Å². The average Bonchev–Trinajstić information content (AvgIpc) is 2.47. The molecule has 0 fully saturated rings. The number of amides is 1. The Kier molecular flexibility index (Phi) is 5.06. The number of nitrogens with one attached hydrogen (secondary N) is 1. The summed E-state index contributed by atoms with van der Waals surface area (Å²) in [6, 6.07) is 14.0. The van der Waals surface area contributed by atoms with E-state index in [4.69, 9.17) is 16.3 Å². The predicted molar refractivity (Wildman–Crippen MR) is 87.3 cm³/mol. The Morgan fingerprint density at radius 2 is 1.82 bits per heavy atom. The summed E-state index contributed by atoms with van der Waals surface area (Å²) in [6.45, 7) is 3.30. The molecule has 0 aliphatic heterocycles. The summed E-state index contributed by atoms with van der Waals surface area (Å²) >= 11 is 5.97. The van der Waals surface area contributed by atoms with Crippen molar-refractivity contribution in [2.24, 2.45) is 0 Å². The van der Waals surface area contributed by atoms with E-state index in [-0.39, 0.29) is 12.5 Å². The first-order chi connectivity index (χ1) is 10.4. The van der Waals surface area contributed by atoms with Gasteiger partial charge in [0.1, 0.15) is 5.75 Å². The minimum atomic E-state index is -0.903. The molecule has 0 unspecified atom stereocenters. The van der Waals surface area contributed by atoms with Gasteiger partial charge in [-0.1, -0.05) is 35.9 Å². The molecule has 0 saturated carbocycles. The van der Waals surface area contributed by atoms with Gasteiger partial charge in [-0.15, -0.1) is 0 Å². The van der Waals surface area contributed by atoms with Gasteiger partial charge in [0, 0.05) is 0 Å². The molecule has 2 N–H and O–H groups in total. The highest BCUT2D eigenvalue weighted by atomic mass is 35.5. The topological polar surface area (TPSA) is 58.6 Å². The number of rotatable bonds is 5. The van der Waals surface area contributed by atoms with Crippen LogP contribution in [0.2, 0.25) is 5.02 Å². The number of hydrogen-bond donors (Lipinski definition) is 2. The molecule has 0 saturated heterocycles. The fourth-order valence-electron chi connectivity index (χ4n) is 1.86. The van der Waals surface area contributed by atoms with Gasteiger partial charge in [0.2, 0.25) is 0 Å². The maximum atomic E-state index is 11.8. The summed E-state index contributed by atoms with van der Waals surface area (Å²) in [4.78, 5) is 11.8. The molecule has 22 heavy (non-hydrogen) atoms. The van der Waals surface area contributed by atoms with Crippen molar-refractivity contribution < 1.29 is 14.6 Å². The second-order valence-corrected chi connectivity index (χ2v) is 5.81. The van der Waals surface area contributed by atoms with Crippen molar-refractivity contribution in [3.63, 3.8) is 0 Å². The van der Waals surface area contributed by atoms with Crippen LogP contribution in [-0.4, -0.2) is 17.6 Å². The smallest absolute Gasteiger partial charge is 0.262 e. The zero-order valence-electron chi connectivity index (χ0n) is 12.5. The number of carbonyl (C=O) groups is 1. The lowest BCUT2D eigenvalue weighted by Crippen LogP contribution is -2.20. The van der Waals surface area contributed by atoms with Gasteiger partial charge in [0.15, 0.2) is 6.61 Å². The van der Waals surface area contributed by atoms with Gasteiger partial charge in [0.25, 0.3) is 5.91 Å². The van der Waals surface area contributed by atoms with Crippen molar-refractivity contribution >= 4 is 23.2 Å². The number of halogens is 1. The lowest BCUT2D eigenvalue weighted by molar-refractivity contribution is -0.118. The van der Waals surface area contributed by atoms with Crippen LogP contribution in [-0.2, 0) is 10.4 Å². The largest absolute Gasteiger partial charge is 0.484 e. The molecule has 0 aliphatic carbocycles. The molecular weight excluding hydrogens is 302 g/mol. The molecule has 1 amide bonds. The van der Waals surface area contributed by atoms with Crippen molar-refractivity contribution in [1.82, 2.24) is 0 Å². The molecule has 5 heteroatoms. The highest BCUT2D eigenvalue weighted by molar-refractivity contribution is 6.33. The SMILES string of the molecule is CC(C)(O)c1ccc(OCC(=O)Nc2ccccc2Cl)cc1. The number of anilines is 1. The standard InChI is InChI=1S/C17H18ClNO3/c1-17(2,21)12-7-9-13(10-8-12)22-11-16(20)19-15-6-4-3-5-14(15)18/h3-10,21H,11H2,1-2H3,(H,19,20). The Morgan fingerprint density at radius 3 is 2.41 bits per heavy atom. The molecule has 0 atom stereocenters. The third kappa shape index (κ3) is 4.48. The predicted octanol–water partition coefficient (Wildman–Crippen LogP) is 3.58. The minimum absolute atomic E-state index is 0.118. The first kappa shape index (κ1) is 16.3. The zero-order chi connectivity index (χ0) is 16.2. The van der Waals surface area contributed by atoms with Crippen LogP contribution in [0, 0.1) is 0 Å². The molecule has 2 rings (SSSR count). The Hall–Kier alpha value is -2.04. The molecule has 2 aromatic rings. The molecule has 0 bridgehead atoms. The second kappa shape index (κ2) is 6.81. The monoisotopic (exact) mass is 319 g/mol. The average molecular weight is 320 g/mol. The van der Waals surface area contributed by atoms with Crippen LogP contribution in [0.1, 0.15) is 19.4 Å².